The Labute approximate surface area is 150 Å². The fraction of sp³-hybridized carbons (Fsp3) is 0.600. The molecule has 0 aliphatic heterocycles. The van der Waals surface area contributed by atoms with Crippen molar-refractivity contribution in [1.29, 1.82) is 0 Å². The summed E-state index contributed by atoms with van der Waals surface area (Å²) in [6.07, 6.45) is 3.67. The minimum Gasteiger partial charge on any atom is -0.346 e. The van der Waals surface area contributed by atoms with E-state index >= 15 is 0 Å². The average molecular weight is 343 g/mol. The maximum absolute atomic E-state index is 12.8. The van der Waals surface area contributed by atoms with Gasteiger partial charge in [-0.2, -0.15) is 0 Å². The lowest BCUT2D eigenvalue weighted by molar-refractivity contribution is -0.136. The minimum atomic E-state index is -0.595. The van der Waals surface area contributed by atoms with Crippen LogP contribution in [0.3, 0.4) is 0 Å². The number of hydrogen-bond acceptors (Lipinski definition) is 3. The number of nitrogens with zero attached hydrogens (tertiary/aromatic N) is 1. The number of carbonyl (C=O) groups is 2. The van der Waals surface area contributed by atoms with Gasteiger partial charge in [0.1, 0.15) is 0 Å². The molecule has 5 heteroatoms. The van der Waals surface area contributed by atoms with Gasteiger partial charge in [0.05, 0.1) is 12.6 Å². The first-order chi connectivity index (χ1) is 12.0. The van der Waals surface area contributed by atoms with Gasteiger partial charge >= 0.3 is 0 Å². The Morgan fingerprint density at radius 1 is 1.24 bits per heavy atom. The minimum absolute atomic E-state index is 0.00465. The molecule has 1 aromatic carbocycles. The van der Waals surface area contributed by atoms with Crippen molar-refractivity contribution in [2.75, 3.05) is 13.1 Å². The van der Waals surface area contributed by atoms with Gasteiger partial charge in [-0.05, 0) is 50.5 Å². The highest BCUT2D eigenvalue weighted by Gasteiger charge is 2.51. The number of carbonyl (C=O) groups excluding carboxylic acids is 2. The summed E-state index contributed by atoms with van der Waals surface area (Å²) in [5, 5.41) is 2.66. The SMILES string of the molecule is CCN(C(=O)CNC(=O)C(C)N)[C@H]1C2CCC(C2)C1c1ccccc1. The van der Waals surface area contributed by atoms with Crippen molar-refractivity contribution in [1.82, 2.24) is 10.2 Å². The summed E-state index contributed by atoms with van der Waals surface area (Å²) in [7, 11) is 0. The third kappa shape index (κ3) is 3.56. The first kappa shape index (κ1) is 17.9. The van der Waals surface area contributed by atoms with E-state index in [0.29, 0.717) is 24.3 Å². The number of rotatable bonds is 6. The fourth-order valence-electron chi connectivity index (χ4n) is 4.83. The van der Waals surface area contributed by atoms with E-state index < -0.39 is 6.04 Å². The van der Waals surface area contributed by atoms with Crippen molar-refractivity contribution in [3.8, 4) is 0 Å². The van der Waals surface area contributed by atoms with Gasteiger partial charge in [-0.15, -0.1) is 0 Å². The van der Waals surface area contributed by atoms with E-state index in [1.165, 1.54) is 24.8 Å². The molecule has 0 heterocycles. The largest absolute Gasteiger partial charge is 0.346 e. The van der Waals surface area contributed by atoms with Crippen LogP contribution in [-0.2, 0) is 9.59 Å². The van der Waals surface area contributed by atoms with E-state index in [1.54, 1.807) is 6.92 Å². The second-order valence-corrected chi connectivity index (χ2v) is 7.45. The standard InChI is InChI=1S/C20H29N3O2/c1-3-23(17(24)12-22-20(25)13(2)21)19-16-10-9-15(11-16)18(19)14-7-5-4-6-8-14/h4-8,13,15-16,18-19H,3,9-12,21H2,1-2H3,(H,22,25)/t13?,15?,16?,18?,19-/m0/s1. The summed E-state index contributed by atoms with van der Waals surface area (Å²) in [5.74, 6) is 1.36. The van der Waals surface area contributed by atoms with Gasteiger partial charge in [0, 0.05) is 18.5 Å². The number of nitrogens with two attached hydrogens (primary N) is 1. The van der Waals surface area contributed by atoms with Crippen molar-refractivity contribution in [3.05, 3.63) is 35.9 Å². The van der Waals surface area contributed by atoms with Gasteiger partial charge in [0.25, 0.3) is 0 Å². The number of benzene rings is 1. The molecule has 3 rings (SSSR count). The lowest BCUT2D eigenvalue weighted by atomic mass is 9.79. The third-order valence-corrected chi connectivity index (χ3v) is 5.91. The highest BCUT2D eigenvalue weighted by Crippen LogP contribution is 2.54. The topological polar surface area (TPSA) is 75.4 Å². The molecule has 2 bridgehead atoms. The Morgan fingerprint density at radius 2 is 1.92 bits per heavy atom. The molecular weight excluding hydrogens is 314 g/mol. The monoisotopic (exact) mass is 343 g/mol. The average Bonchev–Trinajstić information content (AvgIpc) is 3.22. The summed E-state index contributed by atoms with van der Waals surface area (Å²) in [6, 6.07) is 10.2. The van der Waals surface area contributed by atoms with Crippen LogP contribution in [0.4, 0.5) is 0 Å². The summed E-state index contributed by atoms with van der Waals surface area (Å²) in [4.78, 5) is 26.5. The molecule has 136 valence electrons. The van der Waals surface area contributed by atoms with E-state index in [2.05, 4.69) is 29.6 Å². The van der Waals surface area contributed by atoms with Crippen LogP contribution < -0.4 is 11.1 Å². The number of likely N-dealkylation sites (N-methyl/N-ethyl adjacent to an activating group) is 1. The maximum atomic E-state index is 12.8. The summed E-state index contributed by atoms with van der Waals surface area (Å²) < 4.78 is 0. The molecular formula is C20H29N3O2. The van der Waals surface area contributed by atoms with Gasteiger partial charge in [0.15, 0.2) is 0 Å². The molecule has 4 unspecified atom stereocenters. The van der Waals surface area contributed by atoms with Crippen molar-refractivity contribution in [2.45, 2.75) is 51.1 Å². The van der Waals surface area contributed by atoms with Crippen LogP contribution in [0.15, 0.2) is 30.3 Å². The van der Waals surface area contributed by atoms with Gasteiger partial charge < -0.3 is 16.0 Å². The molecule has 3 N–H and O–H groups in total. The van der Waals surface area contributed by atoms with Crippen LogP contribution in [0.1, 0.15) is 44.6 Å². The van der Waals surface area contributed by atoms with Gasteiger partial charge in [-0.3, -0.25) is 9.59 Å². The van der Waals surface area contributed by atoms with Crippen molar-refractivity contribution in [2.24, 2.45) is 17.6 Å². The number of amides is 2. The van der Waals surface area contributed by atoms with Crippen LogP contribution in [0.2, 0.25) is 0 Å². The molecule has 2 fully saturated rings. The predicted octanol–water partition coefficient (Wildman–Crippen LogP) is 1.88. The van der Waals surface area contributed by atoms with Crippen LogP contribution in [0, 0.1) is 11.8 Å². The van der Waals surface area contributed by atoms with Crippen molar-refractivity contribution < 1.29 is 9.59 Å². The first-order valence-electron chi connectivity index (χ1n) is 9.40. The molecule has 1 aromatic rings. The molecule has 0 aromatic heterocycles. The Hall–Kier alpha value is -1.88. The lowest BCUT2D eigenvalue weighted by Crippen LogP contribution is -2.51. The van der Waals surface area contributed by atoms with Crippen molar-refractivity contribution in [3.63, 3.8) is 0 Å². The molecule has 2 aliphatic carbocycles. The van der Waals surface area contributed by atoms with E-state index in [9.17, 15) is 9.59 Å². The smallest absolute Gasteiger partial charge is 0.242 e. The summed E-state index contributed by atoms with van der Waals surface area (Å²) >= 11 is 0. The Kier molecular flexibility index (Phi) is 5.42. The van der Waals surface area contributed by atoms with Gasteiger partial charge in [0.2, 0.25) is 11.8 Å². The first-order valence-corrected chi connectivity index (χ1v) is 9.40. The second kappa shape index (κ2) is 7.56. The predicted molar refractivity (Wildman–Crippen MR) is 97.8 cm³/mol. The molecule has 5 atom stereocenters. The lowest BCUT2D eigenvalue weighted by Gasteiger charge is -2.40. The molecule has 2 saturated carbocycles. The number of fused-ring (bicyclic) bond motifs is 2. The highest BCUT2D eigenvalue weighted by atomic mass is 16.2. The van der Waals surface area contributed by atoms with Crippen LogP contribution in [0.5, 0.6) is 0 Å². The Bertz CT molecular complexity index is 617. The van der Waals surface area contributed by atoms with Gasteiger partial charge in [-0.25, -0.2) is 0 Å². The van der Waals surface area contributed by atoms with Gasteiger partial charge in [-0.1, -0.05) is 30.3 Å². The van der Waals surface area contributed by atoms with Crippen LogP contribution >= 0.6 is 0 Å². The number of nitrogens with one attached hydrogen (secondary N) is 1. The highest BCUT2D eigenvalue weighted by molar-refractivity contribution is 5.87. The van der Waals surface area contributed by atoms with Crippen LogP contribution in [0.25, 0.3) is 0 Å². The Morgan fingerprint density at radius 3 is 2.56 bits per heavy atom. The summed E-state index contributed by atoms with van der Waals surface area (Å²) in [5.41, 5.74) is 6.90. The van der Waals surface area contributed by atoms with Crippen LogP contribution in [-0.4, -0.2) is 41.9 Å². The summed E-state index contributed by atoms with van der Waals surface area (Å²) in [6.45, 7) is 4.35. The van der Waals surface area contributed by atoms with Crippen molar-refractivity contribution >= 4 is 11.8 Å². The molecule has 2 aliphatic rings. The molecule has 25 heavy (non-hydrogen) atoms. The molecule has 5 nitrogen and oxygen atoms in total. The molecule has 0 radical (unpaired) electrons. The Balaban J connectivity index is 1.76. The molecule has 0 spiro atoms. The van der Waals surface area contributed by atoms with E-state index in [0.717, 1.165) is 0 Å². The number of hydrogen-bond donors (Lipinski definition) is 2. The normalized spacial score (nSPS) is 28.6. The van der Waals surface area contributed by atoms with E-state index in [1.807, 2.05) is 17.9 Å². The zero-order chi connectivity index (χ0) is 18.0. The fourth-order valence-corrected chi connectivity index (χ4v) is 4.83. The molecule has 0 saturated heterocycles. The zero-order valence-corrected chi connectivity index (χ0v) is 15.2. The quantitative estimate of drug-likeness (QED) is 0.828. The third-order valence-electron chi connectivity index (χ3n) is 5.91. The van der Waals surface area contributed by atoms with E-state index in [4.69, 9.17) is 5.73 Å². The molecule has 2 amide bonds. The van der Waals surface area contributed by atoms with E-state index in [-0.39, 0.29) is 24.4 Å². The maximum Gasteiger partial charge on any atom is 0.242 e. The zero-order valence-electron chi connectivity index (χ0n) is 15.2. The second-order valence-electron chi connectivity index (χ2n) is 7.45.